The predicted octanol–water partition coefficient (Wildman–Crippen LogP) is 3.72. The number of nitrogens with zero attached hydrogens (tertiary/aromatic N) is 2. The molecule has 0 amide bonds. The number of ether oxygens (including phenoxy) is 1. The van der Waals surface area contributed by atoms with Crippen molar-refractivity contribution in [3.05, 3.63) is 51.4 Å². The van der Waals surface area contributed by atoms with Crippen LogP contribution in [0.15, 0.2) is 29.4 Å². The third-order valence-corrected chi connectivity index (χ3v) is 5.96. The number of carbonyl (C=O) groups is 1. The van der Waals surface area contributed by atoms with Gasteiger partial charge in [-0.2, -0.15) is 0 Å². The monoisotopic (exact) mass is 431 g/mol. The van der Waals surface area contributed by atoms with Crippen molar-refractivity contribution in [3.8, 4) is 0 Å². The molecule has 1 unspecified atom stereocenters. The Hall–Kier alpha value is -2.94. The molecule has 0 spiro atoms. The van der Waals surface area contributed by atoms with Crippen molar-refractivity contribution in [2.24, 2.45) is 4.99 Å². The smallest absolute Gasteiger partial charge is 0.350 e. The summed E-state index contributed by atoms with van der Waals surface area (Å²) in [5.74, 6) is 0.0437. The van der Waals surface area contributed by atoms with Crippen molar-refractivity contribution in [3.63, 3.8) is 0 Å². The summed E-state index contributed by atoms with van der Waals surface area (Å²) in [6, 6.07) is 4.63. The Bertz CT molecular complexity index is 1060. The van der Waals surface area contributed by atoms with Gasteiger partial charge in [0.2, 0.25) is 0 Å². The van der Waals surface area contributed by atoms with Crippen LogP contribution < -0.4 is 10.6 Å². The van der Waals surface area contributed by atoms with Gasteiger partial charge in [-0.15, -0.1) is 11.3 Å². The highest BCUT2D eigenvalue weighted by Crippen LogP contribution is 2.24. The number of fused-ring (bicyclic) bond motifs is 1. The number of aliphatic imine (C=N–C) groups is 1. The Balaban J connectivity index is 1.57. The van der Waals surface area contributed by atoms with Gasteiger partial charge in [-0.25, -0.2) is 14.2 Å². The van der Waals surface area contributed by atoms with Crippen molar-refractivity contribution in [1.82, 2.24) is 20.6 Å². The summed E-state index contributed by atoms with van der Waals surface area (Å²) in [5.41, 5.74) is 2.56. The van der Waals surface area contributed by atoms with Gasteiger partial charge >= 0.3 is 5.97 Å². The van der Waals surface area contributed by atoms with Crippen molar-refractivity contribution in [2.75, 3.05) is 20.2 Å². The minimum absolute atomic E-state index is 0.126. The fourth-order valence-electron chi connectivity index (χ4n) is 3.13. The number of esters is 1. The van der Waals surface area contributed by atoms with E-state index in [9.17, 15) is 9.18 Å². The number of hydrogen-bond acceptors (Lipinski definition) is 5. The summed E-state index contributed by atoms with van der Waals surface area (Å²) in [7, 11) is 1.70. The minimum atomic E-state index is -0.341. The topological polar surface area (TPSA) is 91.4 Å². The van der Waals surface area contributed by atoms with Crippen molar-refractivity contribution < 1.29 is 13.9 Å². The first-order chi connectivity index (χ1) is 14.4. The van der Waals surface area contributed by atoms with E-state index in [1.165, 1.54) is 23.5 Å². The number of H-pyrrole nitrogens is 1. The molecule has 160 valence electrons. The van der Waals surface area contributed by atoms with Crippen LogP contribution in [0.1, 0.15) is 45.8 Å². The lowest BCUT2D eigenvalue weighted by Gasteiger charge is -2.16. The summed E-state index contributed by atoms with van der Waals surface area (Å²) < 4.78 is 18.4. The lowest BCUT2D eigenvalue weighted by Crippen LogP contribution is -2.39. The van der Waals surface area contributed by atoms with Gasteiger partial charge < -0.3 is 20.4 Å². The number of carbonyl (C=O) groups excluding carboxylic acids is 1. The number of rotatable bonds is 7. The molecule has 0 aliphatic heterocycles. The SMILES string of the molecule is CCOC(=O)c1sc(C(C)NC(=NC)NCCc2c[nH]c3cc(F)ccc23)nc1C. The maximum absolute atomic E-state index is 13.3. The molecule has 0 saturated carbocycles. The molecule has 9 heteroatoms. The molecule has 1 aromatic carbocycles. The van der Waals surface area contributed by atoms with E-state index >= 15 is 0 Å². The number of halogens is 1. The van der Waals surface area contributed by atoms with Crippen molar-refractivity contribution in [2.45, 2.75) is 33.2 Å². The van der Waals surface area contributed by atoms with Crippen LogP contribution in [0.5, 0.6) is 0 Å². The Morgan fingerprint density at radius 3 is 2.97 bits per heavy atom. The Labute approximate surface area is 178 Å². The first-order valence-corrected chi connectivity index (χ1v) is 10.6. The number of benzene rings is 1. The van der Waals surface area contributed by atoms with Gasteiger partial charge in [0.1, 0.15) is 15.7 Å². The molecular formula is C21H26FN5O2S. The Kier molecular flexibility index (Phi) is 7.04. The molecule has 3 aromatic rings. The second-order valence-electron chi connectivity index (χ2n) is 6.81. The van der Waals surface area contributed by atoms with Gasteiger partial charge in [-0.05, 0) is 51.0 Å². The first-order valence-electron chi connectivity index (χ1n) is 9.80. The van der Waals surface area contributed by atoms with Crippen LogP contribution in [0, 0.1) is 12.7 Å². The number of guanidine groups is 1. The quantitative estimate of drug-likeness (QED) is 0.301. The molecule has 7 nitrogen and oxygen atoms in total. The normalized spacial score (nSPS) is 12.8. The maximum atomic E-state index is 13.3. The molecule has 2 aromatic heterocycles. The number of thiazole rings is 1. The third-order valence-electron chi connectivity index (χ3n) is 4.64. The highest BCUT2D eigenvalue weighted by Gasteiger charge is 2.20. The van der Waals surface area contributed by atoms with E-state index in [1.807, 2.05) is 13.1 Å². The van der Waals surface area contributed by atoms with E-state index in [0.717, 1.165) is 27.9 Å². The molecule has 30 heavy (non-hydrogen) atoms. The number of aryl methyl sites for hydroxylation is 1. The van der Waals surface area contributed by atoms with Crippen LogP contribution in [-0.4, -0.2) is 42.1 Å². The molecule has 0 radical (unpaired) electrons. The molecule has 0 bridgehead atoms. The predicted molar refractivity (Wildman–Crippen MR) is 118 cm³/mol. The Morgan fingerprint density at radius 2 is 2.23 bits per heavy atom. The third kappa shape index (κ3) is 4.96. The molecule has 0 aliphatic rings. The highest BCUT2D eigenvalue weighted by atomic mass is 32.1. The van der Waals surface area contributed by atoms with Gasteiger partial charge in [0.05, 0.1) is 18.3 Å². The molecule has 0 saturated heterocycles. The van der Waals surface area contributed by atoms with Crippen molar-refractivity contribution >= 4 is 34.2 Å². The van der Waals surface area contributed by atoms with Crippen LogP contribution in [-0.2, 0) is 11.2 Å². The highest BCUT2D eigenvalue weighted by molar-refractivity contribution is 7.13. The van der Waals surface area contributed by atoms with Gasteiger partial charge in [0, 0.05) is 30.7 Å². The largest absolute Gasteiger partial charge is 0.462 e. The van der Waals surface area contributed by atoms with E-state index < -0.39 is 0 Å². The van der Waals surface area contributed by atoms with E-state index in [4.69, 9.17) is 4.74 Å². The second kappa shape index (κ2) is 9.71. The fourth-order valence-corrected chi connectivity index (χ4v) is 4.09. The number of aromatic amines is 1. The van der Waals surface area contributed by atoms with E-state index in [-0.39, 0.29) is 17.8 Å². The zero-order chi connectivity index (χ0) is 21.7. The Morgan fingerprint density at radius 1 is 1.43 bits per heavy atom. The van der Waals surface area contributed by atoms with Gasteiger partial charge in [0.25, 0.3) is 0 Å². The van der Waals surface area contributed by atoms with E-state index in [0.29, 0.717) is 29.7 Å². The molecule has 0 aliphatic carbocycles. The average Bonchev–Trinajstić information content (AvgIpc) is 3.30. The first kappa shape index (κ1) is 21.8. The molecule has 3 rings (SSSR count). The molecular weight excluding hydrogens is 405 g/mol. The lowest BCUT2D eigenvalue weighted by molar-refractivity contribution is 0.0531. The van der Waals surface area contributed by atoms with Crippen LogP contribution in [0.25, 0.3) is 10.9 Å². The average molecular weight is 432 g/mol. The fraction of sp³-hybridized carbons (Fsp3) is 0.381. The summed E-state index contributed by atoms with van der Waals surface area (Å²) in [6.07, 6.45) is 2.66. The number of nitrogens with one attached hydrogen (secondary N) is 3. The molecule has 3 N–H and O–H groups in total. The second-order valence-corrected chi connectivity index (χ2v) is 7.84. The van der Waals surface area contributed by atoms with E-state index in [1.54, 1.807) is 27.0 Å². The van der Waals surface area contributed by atoms with Crippen LogP contribution in [0.4, 0.5) is 4.39 Å². The summed E-state index contributed by atoms with van der Waals surface area (Å²) >= 11 is 1.33. The molecule has 0 fully saturated rings. The minimum Gasteiger partial charge on any atom is -0.462 e. The molecule has 2 heterocycles. The molecule has 1 atom stereocenters. The number of aromatic nitrogens is 2. The van der Waals surface area contributed by atoms with Gasteiger partial charge in [0.15, 0.2) is 5.96 Å². The van der Waals surface area contributed by atoms with Gasteiger partial charge in [-0.1, -0.05) is 0 Å². The lowest BCUT2D eigenvalue weighted by atomic mass is 10.1. The zero-order valence-electron chi connectivity index (χ0n) is 17.5. The van der Waals surface area contributed by atoms with E-state index in [2.05, 4.69) is 25.6 Å². The summed E-state index contributed by atoms with van der Waals surface area (Å²) in [4.78, 5) is 24.4. The van der Waals surface area contributed by atoms with Crippen molar-refractivity contribution in [1.29, 1.82) is 0 Å². The maximum Gasteiger partial charge on any atom is 0.350 e. The summed E-state index contributed by atoms with van der Waals surface area (Å²) in [5, 5.41) is 8.38. The standard InChI is InChI=1S/C21H26FN5O2S/c1-5-29-20(28)18-12(2)26-19(30-18)13(3)27-21(23-4)24-9-8-14-11-25-17-10-15(22)6-7-16(14)17/h6-7,10-11,13,25H,5,8-9H2,1-4H3,(H2,23,24,27). The summed E-state index contributed by atoms with van der Waals surface area (Å²) in [6.45, 7) is 6.54. The van der Waals surface area contributed by atoms with Crippen LogP contribution in [0.2, 0.25) is 0 Å². The van der Waals surface area contributed by atoms with Crippen LogP contribution in [0.3, 0.4) is 0 Å². The number of hydrogen-bond donors (Lipinski definition) is 3. The zero-order valence-corrected chi connectivity index (χ0v) is 18.3. The van der Waals surface area contributed by atoms with Crippen LogP contribution >= 0.6 is 11.3 Å². The van der Waals surface area contributed by atoms with Gasteiger partial charge in [-0.3, -0.25) is 4.99 Å².